The van der Waals surface area contributed by atoms with Crippen molar-refractivity contribution in [3.63, 3.8) is 0 Å². The molecule has 1 saturated carbocycles. The van der Waals surface area contributed by atoms with Crippen LogP contribution in [0.4, 0.5) is 8.78 Å². The summed E-state index contributed by atoms with van der Waals surface area (Å²) in [4.78, 5) is 0. The summed E-state index contributed by atoms with van der Waals surface area (Å²) in [6, 6.07) is 7.18. The van der Waals surface area contributed by atoms with Crippen LogP contribution >= 0.6 is 0 Å². The van der Waals surface area contributed by atoms with Gasteiger partial charge in [0, 0.05) is 6.04 Å². The molecule has 1 atom stereocenters. The molecule has 1 aliphatic rings. The highest BCUT2D eigenvalue weighted by Gasteiger charge is 2.31. The second-order valence-corrected chi connectivity index (χ2v) is 4.05. The largest absolute Gasteiger partial charge is 0.435 e. The maximum Gasteiger partial charge on any atom is 0.387 e. The predicted molar refractivity (Wildman–Crippen MR) is 57.6 cm³/mol. The lowest BCUT2D eigenvalue weighted by molar-refractivity contribution is -0.0499. The lowest BCUT2D eigenvalue weighted by Crippen LogP contribution is -2.18. The fourth-order valence-corrected chi connectivity index (χ4v) is 1.99. The first kappa shape index (κ1) is 11.3. The quantitative estimate of drug-likeness (QED) is 0.835. The van der Waals surface area contributed by atoms with E-state index >= 15 is 0 Å². The van der Waals surface area contributed by atoms with Gasteiger partial charge < -0.3 is 10.1 Å². The van der Waals surface area contributed by atoms with Gasteiger partial charge >= 0.3 is 6.61 Å². The fraction of sp³-hybridized carbons (Fsp3) is 0.500. The average molecular weight is 227 g/mol. The SMILES string of the molecule is CNC(c1cccc(OC(F)F)c1)C1CC1. The summed E-state index contributed by atoms with van der Waals surface area (Å²) in [7, 11) is 1.89. The first-order chi connectivity index (χ1) is 7.70. The van der Waals surface area contributed by atoms with E-state index in [0.29, 0.717) is 5.92 Å². The second kappa shape index (κ2) is 4.78. The van der Waals surface area contributed by atoms with Gasteiger partial charge in [0.25, 0.3) is 0 Å². The lowest BCUT2D eigenvalue weighted by atomic mass is 10.0. The van der Waals surface area contributed by atoms with Crippen LogP contribution < -0.4 is 10.1 Å². The Labute approximate surface area is 93.6 Å². The Hall–Kier alpha value is -1.16. The molecule has 0 aromatic heterocycles. The number of alkyl halides is 2. The van der Waals surface area contributed by atoms with Crippen LogP contribution in [0, 0.1) is 5.92 Å². The fourth-order valence-electron chi connectivity index (χ4n) is 1.99. The van der Waals surface area contributed by atoms with Crippen molar-refractivity contribution in [3.8, 4) is 5.75 Å². The Morgan fingerprint density at radius 2 is 2.12 bits per heavy atom. The van der Waals surface area contributed by atoms with Gasteiger partial charge in [-0.3, -0.25) is 0 Å². The second-order valence-electron chi connectivity index (χ2n) is 4.05. The van der Waals surface area contributed by atoms with E-state index in [0.717, 1.165) is 5.56 Å². The van der Waals surface area contributed by atoms with Gasteiger partial charge in [0.1, 0.15) is 5.75 Å². The summed E-state index contributed by atoms with van der Waals surface area (Å²) < 4.78 is 28.5. The Morgan fingerprint density at radius 1 is 1.38 bits per heavy atom. The van der Waals surface area contributed by atoms with Crippen molar-refractivity contribution in [1.82, 2.24) is 5.32 Å². The first-order valence-electron chi connectivity index (χ1n) is 5.42. The smallest absolute Gasteiger partial charge is 0.387 e. The van der Waals surface area contributed by atoms with E-state index in [9.17, 15) is 8.78 Å². The summed E-state index contributed by atoms with van der Waals surface area (Å²) in [5.41, 5.74) is 1.02. The summed E-state index contributed by atoms with van der Waals surface area (Å²) >= 11 is 0. The molecule has 0 spiro atoms. The maximum atomic E-state index is 12.1. The number of halogens is 2. The molecule has 0 radical (unpaired) electrons. The molecule has 4 heteroatoms. The minimum atomic E-state index is -2.76. The Balaban J connectivity index is 2.13. The molecule has 0 aliphatic heterocycles. The molecule has 1 unspecified atom stereocenters. The molecule has 0 heterocycles. The van der Waals surface area contributed by atoms with Gasteiger partial charge in [-0.05, 0) is 43.5 Å². The van der Waals surface area contributed by atoms with Crippen molar-refractivity contribution < 1.29 is 13.5 Å². The van der Waals surface area contributed by atoms with Gasteiger partial charge in [0.15, 0.2) is 0 Å². The average Bonchev–Trinajstić information content (AvgIpc) is 3.03. The number of hydrogen-bond acceptors (Lipinski definition) is 2. The van der Waals surface area contributed by atoms with Crippen LogP contribution in [0.3, 0.4) is 0 Å². The van der Waals surface area contributed by atoms with Crippen LogP contribution in [-0.2, 0) is 0 Å². The maximum absolute atomic E-state index is 12.1. The van der Waals surface area contributed by atoms with E-state index in [4.69, 9.17) is 0 Å². The summed E-state index contributed by atoms with van der Waals surface area (Å²) in [5, 5.41) is 3.22. The Kier molecular flexibility index (Phi) is 3.39. The monoisotopic (exact) mass is 227 g/mol. The molecule has 1 aromatic rings. The van der Waals surface area contributed by atoms with Gasteiger partial charge in [-0.1, -0.05) is 12.1 Å². The molecule has 0 bridgehead atoms. The van der Waals surface area contributed by atoms with Gasteiger partial charge in [-0.2, -0.15) is 8.78 Å². The molecule has 2 nitrogen and oxygen atoms in total. The molecule has 1 aliphatic carbocycles. The lowest BCUT2D eigenvalue weighted by Gasteiger charge is -2.16. The van der Waals surface area contributed by atoms with Crippen LogP contribution in [0.25, 0.3) is 0 Å². The highest BCUT2D eigenvalue weighted by Crippen LogP contribution is 2.41. The number of nitrogens with one attached hydrogen (secondary N) is 1. The van der Waals surface area contributed by atoms with Crippen molar-refractivity contribution in [2.45, 2.75) is 25.5 Å². The number of ether oxygens (including phenoxy) is 1. The number of benzene rings is 1. The van der Waals surface area contributed by atoms with Gasteiger partial charge in [0.2, 0.25) is 0 Å². The van der Waals surface area contributed by atoms with Crippen molar-refractivity contribution in [3.05, 3.63) is 29.8 Å². The topological polar surface area (TPSA) is 21.3 Å². The van der Waals surface area contributed by atoms with Crippen LogP contribution in [0.15, 0.2) is 24.3 Å². The molecule has 16 heavy (non-hydrogen) atoms. The van der Waals surface area contributed by atoms with Crippen molar-refractivity contribution in [2.75, 3.05) is 7.05 Å². The third kappa shape index (κ3) is 2.70. The highest BCUT2D eigenvalue weighted by molar-refractivity contribution is 5.31. The number of rotatable bonds is 5. The molecular weight excluding hydrogens is 212 g/mol. The highest BCUT2D eigenvalue weighted by atomic mass is 19.3. The van der Waals surface area contributed by atoms with Crippen LogP contribution in [0.5, 0.6) is 5.75 Å². The molecule has 1 fully saturated rings. The minimum absolute atomic E-state index is 0.230. The zero-order valence-corrected chi connectivity index (χ0v) is 9.12. The van der Waals surface area contributed by atoms with Crippen molar-refractivity contribution in [1.29, 1.82) is 0 Å². The van der Waals surface area contributed by atoms with Crippen molar-refractivity contribution in [2.24, 2.45) is 5.92 Å². The van der Waals surface area contributed by atoms with E-state index in [1.165, 1.54) is 12.8 Å². The summed E-state index contributed by atoms with van der Waals surface area (Å²) in [6.45, 7) is -2.76. The molecule has 0 saturated heterocycles. The van der Waals surface area contributed by atoms with E-state index in [2.05, 4.69) is 10.1 Å². The van der Waals surface area contributed by atoms with E-state index in [-0.39, 0.29) is 11.8 Å². The molecular formula is C12H15F2NO. The van der Waals surface area contributed by atoms with Gasteiger partial charge in [-0.25, -0.2) is 0 Å². The van der Waals surface area contributed by atoms with E-state index in [1.807, 2.05) is 13.1 Å². The molecule has 1 aromatic carbocycles. The third-order valence-electron chi connectivity index (χ3n) is 2.85. The molecule has 88 valence electrons. The van der Waals surface area contributed by atoms with Crippen molar-refractivity contribution >= 4 is 0 Å². The zero-order chi connectivity index (χ0) is 11.5. The van der Waals surface area contributed by atoms with Gasteiger partial charge in [-0.15, -0.1) is 0 Å². The normalized spacial score (nSPS) is 17.5. The van der Waals surface area contributed by atoms with Crippen LogP contribution in [0.2, 0.25) is 0 Å². The van der Waals surface area contributed by atoms with E-state index in [1.54, 1.807) is 18.2 Å². The summed E-state index contributed by atoms with van der Waals surface area (Å²) in [6.07, 6.45) is 2.40. The number of hydrogen-bond donors (Lipinski definition) is 1. The Bertz CT molecular complexity index is 353. The molecule has 1 N–H and O–H groups in total. The third-order valence-corrected chi connectivity index (χ3v) is 2.85. The predicted octanol–water partition coefficient (Wildman–Crippen LogP) is 2.96. The zero-order valence-electron chi connectivity index (χ0n) is 9.12. The first-order valence-corrected chi connectivity index (χ1v) is 5.42. The van der Waals surface area contributed by atoms with Gasteiger partial charge in [0.05, 0.1) is 0 Å². The van der Waals surface area contributed by atoms with Crippen LogP contribution in [0.1, 0.15) is 24.4 Å². The minimum Gasteiger partial charge on any atom is -0.435 e. The molecule has 2 rings (SSSR count). The van der Waals surface area contributed by atoms with Crippen LogP contribution in [-0.4, -0.2) is 13.7 Å². The molecule has 0 amide bonds. The summed E-state index contributed by atoms with van der Waals surface area (Å²) in [5.74, 6) is 0.861. The Morgan fingerprint density at radius 3 is 2.69 bits per heavy atom. The standard InChI is InChI=1S/C12H15F2NO/c1-15-11(8-5-6-8)9-3-2-4-10(7-9)16-12(13)14/h2-4,7-8,11-12,15H,5-6H2,1H3. The van der Waals surface area contributed by atoms with E-state index < -0.39 is 6.61 Å².